The van der Waals surface area contributed by atoms with Gasteiger partial charge in [0.15, 0.2) is 0 Å². The zero-order valence-electron chi connectivity index (χ0n) is 10.1. The second kappa shape index (κ2) is 6.59. The van der Waals surface area contributed by atoms with E-state index in [1.807, 2.05) is 0 Å². The molecule has 0 radical (unpaired) electrons. The Morgan fingerprint density at radius 2 is 2.22 bits per heavy atom. The molecule has 1 saturated heterocycles. The quantitative estimate of drug-likeness (QED) is 0.402. The van der Waals surface area contributed by atoms with Gasteiger partial charge < -0.3 is 15.0 Å². The van der Waals surface area contributed by atoms with Gasteiger partial charge in [-0.05, 0) is 19.8 Å². The molecule has 0 bridgehead atoms. The molecular weight excluding hydrogens is 238 g/mol. The summed E-state index contributed by atoms with van der Waals surface area (Å²) in [5.41, 5.74) is 0. The molecule has 0 spiro atoms. The average Bonchev–Trinajstić information content (AvgIpc) is 2.84. The van der Waals surface area contributed by atoms with Crippen molar-refractivity contribution in [1.82, 2.24) is 10.2 Å². The number of hydrogen-bond acceptors (Lipinski definition) is 5. The van der Waals surface area contributed by atoms with Gasteiger partial charge in [-0.3, -0.25) is 9.59 Å². The van der Waals surface area contributed by atoms with Crippen LogP contribution >= 0.6 is 0 Å². The summed E-state index contributed by atoms with van der Waals surface area (Å²) in [4.78, 5) is 36.0. The number of ether oxygens (including phenoxy) is 1. The Balaban J connectivity index is 2.64. The second-order valence-corrected chi connectivity index (χ2v) is 3.75. The highest BCUT2D eigenvalue weighted by Crippen LogP contribution is 2.18. The molecule has 18 heavy (non-hydrogen) atoms. The number of nitrogens with one attached hydrogen (secondary N) is 1. The predicted molar refractivity (Wildman–Crippen MR) is 60.0 cm³/mol. The lowest BCUT2D eigenvalue weighted by Gasteiger charge is -2.22. The van der Waals surface area contributed by atoms with Crippen LogP contribution in [0.1, 0.15) is 19.8 Å². The first-order valence-electron chi connectivity index (χ1n) is 5.74. The minimum Gasteiger partial charge on any atom is -0.464 e. The molecule has 2 amide bonds. The fourth-order valence-electron chi connectivity index (χ4n) is 1.82. The third-order valence-corrected chi connectivity index (χ3v) is 2.59. The molecule has 1 unspecified atom stereocenters. The van der Waals surface area contributed by atoms with Crippen LogP contribution in [0.4, 0.5) is 0 Å². The van der Waals surface area contributed by atoms with E-state index in [0.29, 0.717) is 19.4 Å². The largest absolute Gasteiger partial charge is 0.464 e. The van der Waals surface area contributed by atoms with E-state index in [9.17, 15) is 14.4 Å². The summed E-state index contributed by atoms with van der Waals surface area (Å²) in [6, 6.07) is 1.01. The first-order chi connectivity index (χ1) is 8.61. The Bertz CT molecular complexity index is 388. The fraction of sp³-hybridized carbons (Fsp3) is 0.636. The van der Waals surface area contributed by atoms with Gasteiger partial charge in [0.25, 0.3) is 0 Å². The Kier molecular flexibility index (Phi) is 5.11. The summed E-state index contributed by atoms with van der Waals surface area (Å²) in [5.74, 6) is -2.15. The van der Waals surface area contributed by atoms with Crippen molar-refractivity contribution in [2.75, 3.05) is 19.7 Å². The zero-order valence-corrected chi connectivity index (χ0v) is 10.1. The maximum absolute atomic E-state index is 11.8. The first-order valence-corrected chi connectivity index (χ1v) is 5.74. The third kappa shape index (κ3) is 3.20. The van der Waals surface area contributed by atoms with Crippen molar-refractivity contribution in [1.29, 1.82) is 5.26 Å². The van der Waals surface area contributed by atoms with Crippen LogP contribution in [0.15, 0.2) is 0 Å². The molecule has 7 heteroatoms. The molecule has 0 aromatic carbocycles. The molecule has 0 aliphatic carbocycles. The monoisotopic (exact) mass is 253 g/mol. The van der Waals surface area contributed by atoms with Crippen LogP contribution in [0.3, 0.4) is 0 Å². The van der Waals surface area contributed by atoms with Crippen molar-refractivity contribution in [3.8, 4) is 6.07 Å². The fourth-order valence-corrected chi connectivity index (χ4v) is 1.82. The number of esters is 1. The van der Waals surface area contributed by atoms with Crippen LogP contribution in [0.2, 0.25) is 0 Å². The highest BCUT2D eigenvalue weighted by Gasteiger charge is 2.37. The summed E-state index contributed by atoms with van der Waals surface area (Å²) in [6.45, 7) is 2.03. The van der Waals surface area contributed by atoms with E-state index in [2.05, 4.69) is 5.32 Å². The number of nitrogens with zero attached hydrogens (tertiary/aromatic N) is 2. The van der Waals surface area contributed by atoms with Crippen LogP contribution < -0.4 is 5.32 Å². The predicted octanol–water partition coefficient (Wildman–Crippen LogP) is -0.820. The molecule has 7 nitrogen and oxygen atoms in total. The van der Waals surface area contributed by atoms with Crippen molar-refractivity contribution in [3.05, 3.63) is 0 Å². The molecule has 1 aliphatic heterocycles. The van der Waals surface area contributed by atoms with Gasteiger partial charge in [-0.15, -0.1) is 0 Å². The Morgan fingerprint density at radius 1 is 1.50 bits per heavy atom. The summed E-state index contributed by atoms with van der Waals surface area (Å²) >= 11 is 0. The smallest absolute Gasteiger partial charge is 0.328 e. The molecule has 1 N–H and O–H groups in total. The van der Waals surface area contributed by atoms with Gasteiger partial charge in [0, 0.05) is 6.54 Å². The summed E-state index contributed by atoms with van der Waals surface area (Å²) in [6.07, 6.45) is 1.15. The van der Waals surface area contributed by atoms with E-state index in [4.69, 9.17) is 10.00 Å². The van der Waals surface area contributed by atoms with E-state index in [1.54, 1.807) is 13.0 Å². The Morgan fingerprint density at radius 3 is 2.83 bits per heavy atom. The maximum atomic E-state index is 11.8. The van der Waals surface area contributed by atoms with Gasteiger partial charge in [-0.2, -0.15) is 5.26 Å². The summed E-state index contributed by atoms with van der Waals surface area (Å²) in [5, 5.41) is 10.5. The van der Waals surface area contributed by atoms with Gasteiger partial charge >= 0.3 is 17.8 Å². The molecule has 1 heterocycles. The molecule has 1 aliphatic rings. The van der Waals surface area contributed by atoms with Gasteiger partial charge in [0.05, 0.1) is 12.7 Å². The molecule has 0 saturated carbocycles. The molecule has 98 valence electrons. The summed E-state index contributed by atoms with van der Waals surface area (Å²) in [7, 11) is 0. The Hall–Kier alpha value is -2.10. The van der Waals surface area contributed by atoms with Crippen molar-refractivity contribution in [2.45, 2.75) is 25.8 Å². The van der Waals surface area contributed by atoms with Crippen LogP contribution in [-0.4, -0.2) is 48.4 Å². The lowest BCUT2D eigenvalue weighted by atomic mass is 10.2. The second-order valence-electron chi connectivity index (χ2n) is 3.75. The van der Waals surface area contributed by atoms with E-state index >= 15 is 0 Å². The SMILES string of the molecule is CCOC(=O)C1CCCN1C(=O)C(=O)NCC#N. The highest BCUT2D eigenvalue weighted by atomic mass is 16.5. The number of hydrogen-bond donors (Lipinski definition) is 1. The van der Waals surface area contributed by atoms with E-state index in [0.717, 1.165) is 0 Å². The van der Waals surface area contributed by atoms with Crippen LogP contribution in [0.25, 0.3) is 0 Å². The number of likely N-dealkylation sites (tertiary alicyclic amines) is 1. The number of carbonyl (C=O) groups excluding carboxylic acids is 3. The lowest BCUT2D eigenvalue weighted by molar-refractivity contribution is -0.155. The normalized spacial score (nSPS) is 18.0. The van der Waals surface area contributed by atoms with E-state index < -0.39 is 23.8 Å². The first kappa shape index (κ1) is 14.0. The topological polar surface area (TPSA) is 99.5 Å². The maximum Gasteiger partial charge on any atom is 0.328 e. The lowest BCUT2D eigenvalue weighted by Crippen LogP contribution is -2.48. The van der Waals surface area contributed by atoms with E-state index in [1.165, 1.54) is 4.90 Å². The minimum absolute atomic E-state index is 0.234. The van der Waals surface area contributed by atoms with Crippen molar-refractivity contribution in [2.24, 2.45) is 0 Å². The number of amides is 2. The average molecular weight is 253 g/mol. The minimum atomic E-state index is -0.868. The molecule has 0 aromatic rings. The van der Waals surface area contributed by atoms with Crippen molar-refractivity contribution in [3.63, 3.8) is 0 Å². The number of carbonyl (C=O) groups is 3. The molecule has 0 aromatic heterocycles. The third-order valence-electron chi connectivity index (χ3n) is 2.59. The zero-order chi connectivity index (χ0) is 13.5. The van der Waals surface area contributed by atoms with E-state index in [-0.39, 0.29) is 13.2 Å². The molecule has 1 fully saturated rings. The standard InChI is InChI=1S/C11H15N3O4/c1-2-18-11(17)8-4-3-7-14(8)10(16)9(15)13-6-5-12/h8H,2-4,6-7H2,1H3,(H,13,15). The van der Waals surface area contributed by atoms with Gasteiger partial charge in [0.1, 0.15) is 12.6 Å². The van der Waals surface area contributed by atoms with Crippen LogP contribution in [-0.2, 0) is 19.1 Å². The van der Waals surface area contributed by atoms with Gasteiger partial charge in [-0.1, -0.05) is 0 Å². The number of rotatable bonds is 3. The van der Waals surface area contributed by atoms with Crippen molar-refractivity contribution < 1.29 is 19.1 Å². The van der Waals surface area contributed by atoms with Gasteiger partial charge in [0.2, 0.25) is 0 Å². The molecular formula is C11H15N3O4. The highest BCUT2D eigenvalue weighted by molar-refractivity contribution is 6.35. The molecule has 1 atom stereocenters. The van der Waals surface area contributed by atoms with Crippen molar-refractivity contribution >= 4 is 17.8 Å². The van der Waals surface area contributed by atoms with Gasteiger partial charge in [-0.25, -0.2) is 4.79 Å². The Labute approximate surface area is 105 Å². The van der Waals surface area contributed by atoms with Crippen LogP contribution in [0, 0.1) is 11.3 Å². The summed E-state index contributed by atoms with van der Waals surface area (Å²) < 4.78 is 4.85. The van der Waals surface area contributed by atoms with Crippen LogP contribution in [0.5, 0.6) is 0 Å². The number of nitriles is 1. The molecule has 1 rings (SSSR count).